The van der Waals surface area contributed by atoms with Crippen LogP contribution < -0.4 is 0 Å². The van der Waals surface area contributed by atoms with Crippen molar-refractivity contribution in [2.24, 2.45) is 0 Å². The van der Waals surface area contributed by atoms with Crippen molar-refractivity contribution >= 4 is 17.2 Å². The number of thiophene rings is 1. The number of amides is 1. The van der Waals surface area contributed by atoms with E-state index in [1.807, 2.05) is 12.4 Å². The lowest BCUT2D eigenvalue weighted by molar-refractivity contribution is 0.0362. The number of hydrogen-bond acceptors (Lipinski definition) is 4. The third-order valence-electron chi connectivity index (χ3n) is 3.20. The molecule has 0 aliphatic carbocycles. The molecule has 4 nitrogen and oxygen atoms in total. The van der Waals surface area contributed by atoms with Gasteiger partial charge in [0.25, 0.3) is 5.91 Å². The van der Waals surface area contributed by atoms with E-state index in [9.17, 15) is 4.79 Å². The summed E-state index contributed by atoms with van der Waals surface area (Å²) >= 11 is 1.42. The average Bonchev–Trinajstić information content (AvgIpc) is 2.93. The molecule has 102 valence electrons. The molecule has 0 atom stereocenters. The predicted octanol–water partition coefficient (Wildman–Crippen LogP) is 1.34. The number of nitrogens with zero attached hydrogens (tertiary/aromatic N) is 1. The first kappa shape index (κ1) is 14.1. The van der Waals surface area contributed by atoms with Gasteiger partial charge in [-0.3, -0.25) is 4.79 Å². The Morgan fingerprint density at radius 3 is 3.00 bits per heavy atom. The maximum Gasteiger partial charge on any atom is 0.254 e. The Balaban J connectivity index is 2.03. The highest BCUT2D eigenvalue weighted by Crippen LogP contribution is 2.19. The van der Waals surface area contributed by atoms with Crippen LogP contribution in [0.3, 0.4) is 0 Å². The van der Waals surface area contributed by atoms with E-state index in [0.29, 0.717) is 5.56 Å². The summed E-state index contributed by atoms with van der Waals surface area (Å²) in [5.74, 6) is 5.43. The Labute approximate surface area is 117 Å². The summed E-state index contributed by atoms with van der Waals surface area (Å²) in [6.45, 7) is 1.28. The minimum Gasteiger partial charge on any atom is -0.384 e. The summed E-state index contributed by atoms with van der Waals surface area (Å²) in [6, 6.07) is 2.04. The first-order valence-electron chi connectivity index (χ1n) is 6.25. The van der Waals surface area contributed by atoms with Gasteiger partial charge in [-0.25, -0.2) is 0 Å². The third-order valence-corrected chi connectivity index (χ3v) is 4.04. The lowest BCUT2D eigenvalue weighted by atomic mass is 10.1. The fourth-order valence-corrected chi connectivity index (χ4v) is 2.83. The number of ether oxygens (including phenoxy) is 1. The summed E-state index contributed by atoms with van der Waals surface area (Å²) in [7, 11) is 1.84. The molecule has 0 radical (unpaired) electrons. The second kappa shape index (κ2) is 6.71. The Bertz CT molecular complexity index is 494. The van der Waals surface area contributed by atoms with Gasteiger partial charge in [0.2, 0.25) is 0 Å². The van der Waals surface area contributed by atoms with Gasteiger partial charge in [-0.15, -0.1) is 11.3 Å². The number of aliphatic hydroxyl groups excluding tert-OH is 1. The van der Waals surface area contributed by atoms with E-state index in [1.54, 1.807) is 11.0 Å². The highest BCUT2D eigenvalue weighted by Gasteiger charge is 2.23. The molecular formula is C14H17NO3S. The monoisotopic (exact) mass is 279 g/mol. The van der Waals surface area contributed by atoms with Crippen LogP contribution in [0, 0.1) is 11.8 Å². The van der Waals surface area contributed by atoms with E-state index in [4.69, 9.17) is 9.84 Å². The molecule has 1 fully saturated rings. The first-order valence-corrected chi connectivity index (χ1v) is 7.13. The fourth-order valence-electron chi connectivity index (χ4n) is 2.08. The smallest absolute Gasteiger partial charge is 0.254 e. The minimum atomic E-state index is -0.164. The maximum absolute atomic E-state index is 12.3. The van der Waals surface area contributed by atoms with Gasteiger partial charge in [0.05, 0.1) is 10.4 Å². The second-order valence-electron chi connectivity index (χ2n) is 4.42. The van der Waals surface area contributed by atoms with Crippen molar-refractivity contribution in [3.05, 3.63) is 21.9 Å². The molecule has 0 aromatic carbocycles. The van der Waals surface area contributed by atoms with Gasteiger partial charge >= 0.3 is 0 Å². The Morgan fingerprint density at radius 1 is 1.58 bits per heavy atom. The van der Waals surface area contributed by atoms with Crippen LogP contribution in [0.1, 0.15) is 28.1 Å². The molecule has 1 N–H and O–H groups in total. The molecule has 19 heavy (non-hydrogen) atoms. The summed E-state index contributed by atoms with van der Waals surface area (Å²) < 4.78 is 5.31. The van der Waals surface area contributed by atoms with Gasteiger partial charge < -0.3 is 14.7 Å². The molecule has 0 saturated carbocycles. The summed E-state index contributed by atoms with van der Waals surface area (Å²) in [4.78, 5) is 14.9. The molecule has 1 aromatic rings. The van der Waals surface area contributed by atoms with Crippen molar-refractivity contribution in [1.82, 2.24) is 4.90 Å². The molecule has 2 heterocycles. The predicted molar refractivity (Wildman–Crippen MR) is 74.2 cm³/mol. The van der Waals surface area contributed by atoms with Crippen molar-refractivity contribution in [2.45, 2.75) is 18.9 Å². The van der Waals surface area contributed by atoms with Crippen molar-refractivity contribution in [1.29, 1.82) is 0 Å². The van der Waals surface area contributed by atoms with Gasteiger partial charge in [0, 0.05) is 31.7 Å². The lowest BCUT2D eigenvalue weighted by Crippen LogP contribution is -2.40. The number of rotatable bonds is 2. The van der Waals surface area contributed by atoms with Gasteiger partial charge in [-0.05, 0) is 18.9 Å². The van der Waals surface area contributed by atoms with Crippen molar-refractivity contribution in [3.63, 3.8) is 0 Å². The van der Waals surface area contributed by atoms with Crippen LogP contribution in [-0.2, 0) is 4.74 Å². The van der Waals surface area contributed by atoms with Crippen molar-refractivity contribution in [3.8, 4) is 11.8 Å². The maximum atomic E-state index is 12.3. The largest absolute Gasteiger partial charge is 0.384 e. The summed E-state index contributed by atoms with van der Waals surface area (Å²) in [5.41, 5.74) is 0.668. The molecule has 0 spiro atoms. The van der Waals surface area contributed by atoms with Gasteiger partial charge in [-0.1, -0.05) is 11.8 Å². The summed E-state index contributed by atoms with van der Waals surface area (Å²) in [6.07, 6.45) is 1.78. The SMILES string of the molecule is CN(C(=O)c1csc(C#CCO)c1)C1CCOCC1. The van der Waals surface area contributed by atoms with Gasteiger partial charge in [0.15, 0.2) is 0 Å². The number of hydrogen-bond donors (Lipinski definition) is 1. The lowest BCUT2D eigenvalue weighted by Gasteiger charge is -2.31. The molecule has 1 aliphatic rings. The van der Waals surface area contributed by atoms with E-state index in [0.717, 1.165) is 30.9 Å². The highest BCUT2D eigenvalue weighted by atomic mass is 32.1. The summed E-state index contributed by atoms with van der Waals surface area (Å²) in [5, 5.41) is 10.5. The second-order valence-corrected chi connectivity index (χ2v) is 5.33. The van der Waals surface area contributed by atoms with E-state index < -0.39 is 0 Å². The molecule has 1 aliphatic heterocycles. The van der Waals surface area contributed by atoms with Crippen molar-refractivity contribution in [2.75, 3.05) is 26.9 Å². The van der Waals surface area contributed by atoms with Crippen LogP contribution in [0.4, 0.5) is 0 Å². The molecule has 2 rings (SSSR count). The topological polar surface area (TPSA) is 49.8 Å². The zero-order chi connectivity index (χ0) is 13.7. The molecule has 5 heteroatoms. The molecule has 1 saturated heterocycles. The van der Waals surface area contributed by atoms with Gasteiger partial charge in [-0.2, -0.15) is 0 Å². The average molecular weight is 279 g/mol. The molecular weight excluding hydrogens is 262 g/mol. The third kappa shape index (κ3) is 3.57. The molecule has 1 amide bonds. The molecule has 0 unspecified atom stereocenters. The highest BCUT2D eigenvalue weighted by molar-refractivity contribution is 7.10. The number of carbonyl (C=O) groups excluding carboxylic acids is 1. The van der Waals surface area contributed by atoms with Crippen LogP contribution in [-0.4, -0.2) is 48.8 Å². The standard InChI is InChI=1S/C14H17NO3S/c1-15(12-4-7-18-8-5-12)14(17)11-9-13(19-10-11)3-2-6-16/h9-10,12,16H,4-8H2,1H3. The molecule has 0 bridgehead atoms. The van der Waals surface area contributed by atoms with Crippen LogP contribution >= 0.6 is 11.3 Å². The Morgan fingerprint density at radius 2 is 2.32 bits per heavy atom. The van der Waals surface area contributed by atoms with Crippen LogP contribution in [0.5, 0.6) is 0 Å². The Hall–Kier alpha value is -1.35. The van der Waals surface area contributed by atoms with Crippen molar-refractivity contribution < 1.29 is 14.6 Å². The van der Waals surface area contributed by atoms with E-state index >= 15 is 0 Å². The number of aliphatic hydroxyl groups is 1. The van der Waals surface area contributed by atoms with Gasteiger partial charge in [0.1, 0.15) is 6.61 Å². The van der Waals surface area contributed by atoms with Crippen LogP contribution in [0.25, 0.3) is 0 Å². The zero-order valence-corrected chi connectivity index (χ0v) is 11.7. The first-order chi connectivity index (χ1) is 9.22. The Kier molecular flexibility index (Phi) is 4.97. The normalized spacial score (nSPS) is 15.7. The van der Waals surface area contributed by atoms with E-state index in [1.165, 1.54) is 11.3 Å². The minimum absolute atomic E-state index is 0.0280. The van der Waals surface area contributed by atoms with Crippen LogP contribution in [0.15, 0.2) is 11.4 Å². The molecule has 1 aromatic heterocycles. The zero-order valence-electron chi connectivity index (χ0n) is 10.9. The fraction of sp³-hybridized carbons (Fsp3) is 0.500. The van der Waals surface area contributed by atoms with Crippen LogP contribution in [0.2, 0.25) is 0 Å². The number of carbonyl (C=O) groups is 1. The van der Waals surface area contributed by atoms with E-state index in [-0.39, 0.29) is 18.6 Å². The quantitative estimate of drug-likeness (QED) is 0.831. The van der Waals surface area contributed by atoms with E-state index in [2.05, 4.69) is 11.8 Å².